The highest BCUT2D eigenvalue weighted by Crippen LogP contribution is 2.34. The van der Waals surface area contributed by atoms with E-state index < -0.39 is 0 Å². The Labute approximate surface area is 174 Å². The van der Waals surface area contributed by atoms with Crippen LogP contribution in [0.5, 0.6) is 11.5 Å². The molecule has 1 atom stereocenters. The molecule has 0 aromatic heterocycles. The Bertz CT molecular complexity index is 913. The van der Waals surface area contributed by atoms with Crippen LogP contribution in [-0.4, -0.2) is 30.3 Å². The summed E-state index contributed by atoms with van der Waals surface area (Å²) >= 11 is 1.49. The number of carbonyl (C=O) groups is 2. The number of thioether (sulfide) groups is 1. The van der Waals surface area contributed by atoms with Crippen LogP contribution in [0.3, 0.4) is 0 Å². The lowest BCUT2D eigenvalue weighted by molar-refractivity contribution is -0.117. The Morgan fingerprint density at radius 2 is 1.79 bits per heavy atom. The van der Waals surface area contributed by atoms with Crippen LogP contribution in [0, 0.1) is 5.92 Å². The number of nitrogens with one attached hydrogen (secondary N) is 2. The number of hydrogen-bond acceptors (Lipinski definition) is 5. The van der Waals surface area contributed by atoms with Crippen LogP contribution in [0.2, 0.25) is 0 Å². The van der Waals surface area contributed by atoms with Gasteiger partial charge in [-0.1, -0.05) is 13.0 Å². The maximum Gasteiger partial charge on any atom is 0.237 e. The highest BCUT2D eigenvalue weighted by Gasteiger charge is 2.29. The summed E-state index contributed by atoms with van der Waals surface area (Å²) in [7, 11) is 0. The molecule has 2 aliphatic rings. The Kier molecular flexibility index (Phi) is 5.94. The van der Waals surface area contributed by atoms with Crippen LogP contribution in [0.4, 0.5) is 11.4 Å². The van der Waals surface area contributed by atoms with Gasteiger partial charge in [-0.15, -0.1) is 11.8 Å². The molecule has 29 heavy (non-hydrogen) atoms. The van der Waals surface area contributed by atoms with E-state index in [1.165, 1.54) is 11.8 Å². The minimum absolute atomic E-state index is 0.0680. The molecule has 2 N–H and O–H groups in total. The molecule has 1 saturated carbocycles. The van der Waals surface area contributed by atoms with Crippen molar-refractivity contribution in [3.63, 3.8) is 0 Å². The van der Waals surface area contributed by atoms with Gasteiger partial charge in [-0.25, -0.2) is 0 Å². The van der Waals surface area contributed by atoms with Crippen LogP contribution in [0.25, 0.3) is 0 Å². The second kappa shape index (κ2) is 8.78. The van der Waals surface area contributed by atoms with E-state index in [2.05, 4.69) is 10.6 Å². The van der Waals surface area contributed by atoms with Crippen molar-refractivity contribution < 1.29 is 19.1 Å². The Morgan fingerprint density at radius 3 is 2.55 bits per heavy atom. The molecule has 2 amide bonds. The summed E-state index contributed by atoms with van der Waals surface area (Å²) in [5, 5.41) is 5.67. The minimum atomic E-state index is -0.252. The van der Waals surface area contributed by atoms with Crippen molar-refractivity contribution in [2.24, 2.45) is 5.92 Å². The summed E-state index contributed by atoms with van der Waals surface area (Å²) in [4.78, 5) is 25.7. The van der Waals surface area contributed by atoms with E-state index in [4.69, 9.17) is 9.47 Å². The summed E-state index contributed by atoms with van der Waals surface area (Å²) in [6, 6.07) is 13.1. The first-order valence-corrected chi connectivity index (χ1v) is 10.8. The van der Waals surface area contributed by atoms with Gasteiger partial charge < -0.3 is 20.1 Å². The first kappa shape index (κ1) is 19.6. The predicted octanol–water partition coefficient (Wildman–Crippen LogP) is 4.32. The van der Waals surface area contributed by atoms with Crippen LogP contribution >= 0.6 is 11.8 Å². The normalized spacial score (nSPS) is 16.0. The van der Waals surface area contributed by atoms with E-state index in [9.17, 15) is 9.59 Å². The molecule has 0 bridgehead atoms. The molecule has 1 fully saturated rings. The minimum Gasteiger partial charge on any atom is -0.486 e. The topological polar surface area (TPSA) is 76.7 Å². The molecule has 1 aliphatic carbocycles. The predicted molar refractivity (Wildman–Crippen MR) is 114 cm³/mol. The number of ether oxygens (including phenoxy) is 2. The number of anilines is 2. The lowest BCUT2D eigenvalue weighted by atomic mass is 10.2. The molecule has 1 aliphatic heterocycles. The van der Waals surface area contributed by atoms with Crippen molar-refractivity contribution in [2.75, 3.05) is 23.8 Å². The van der Waals surface area contributed by atoms with Gasteiger partial charge in [0.25, 0.3) is 0 Å². The quantitative estimate of drug-likeness (QED) is 0.663. The number of amides is 2. The van der Waals surface area contributed by atoms with Crippen molar-refractivity contribution in [3.05, 3.63) is 42.5 Å². The maximum absolute atomic E-state index is 12.8. The van der Waals surface area contributed by atoms with Gasteiger partial charge in [0.1, 0.15) is 13.2 Å². The Morgan fingerprint density at radius 1 is 1.03 bits per heavy atom. The summed E-state index contributed by atoms with van der Waals surface area (Å²) in [6.45, 7) is 3.03. The van der Waals surface area contributed by atoms with E-state index in [1.54, 1.807) is 6.07 Å². The van der Waals surface area contributed by atoms with E-state index >= 15 is 0 Å². The van der Waals surface area contributed by atoms with Gasteiger partial charge in [0.05, 0.1) is 5.25 Å². The third kappa shape index (κ3) is 5.03. The molecule has 7 heteroatoms. The zero-order valence-electron chi connectivity index (χ0n) is 16.3. The number of benzene rings is 2. The van der Waals surface area contributed by atoms with Crippen LogP contribution in [-0.2, 0) is 9.59 Å². The summed E-state index contributed by atoms with van der Waals surface area (Å²) in [5.41, 5.74) is 1.46. The van der Waals surface area contributed by atoms with Crippen LogP contribution < -0.4 is 20.1 Å². The average molecular weight is 413 g/mol. The highest BCUT2D eigenvalue weighted by molar-refractivity contribution is 8.00. The van der Waals surface area contributed by atoms with E-state index in [0.717, 1.165) is 23.4 Å². The van der Waals surface area contributed by atoms with Gasteiger partial charge in [0, 0.05) is 28.3 Å². The fourth-order valence-corrected chi connectivity index (χ4v) is 4.08. The van der Waals surface area contributed by atoms with Crippen molar-refractivity contribution in [3.8, 4) is 11.5 Å². The summed E-state index contributed by atoms with van der Waals surface area (Å²) < 4.78 is 11.1. The molecule has 152 valence electrons. The zero-order chi connectivity index (χ0) is 20.2. The summed E-state index contributed by atoms with van der Waals surface area (Å²) in [6.07, 6.45) is 2.62. The van der Waals surface area contributed by atoms with E-state index in [-0.39, 0.29) is 23.0 Å². The lowest BCUT2D eigenvalue weighted by Crippen LogP contribution is -2.24. The number of hydrogen-bond donors (Lipinski definition) is 2. The molecule has 0 spiro atoms. The Hall–Kier alpha value is -2.67. The summed E-state index contributed by atoms with van der Waals surface area (Å²) in [5.74, 6) is 1.51. The largest absolute Gasteiger partial charge is 0.486 e. The van der Waals surface area contributed by atoms with Crippen LogP contribution in [0.15, 0.2) is 47.4 Å². The van der Waals surface area contributed by atoms with Crippen LogP contribution in [0.1, 0.15) is 26.2 Å². The molecule has 0 radical (unpaired) electrons. The van der Waals surface area contributed by atoms with Crippen molar-refractivity contribution in [1.29, 1.82) is 0 Å². The van der Waals surface area contributed by atoms with Gasteiger partial charge in [0.15, 0.2) is 11.5 Å². The molecule has 0 saturated heterocycles. The van der Waals surface area contributed by atoms with Crippen molar-refractivity contribution in [1.82, 2.24) is 0 Å². The maximum atomic E-state index is 12.8. The molecular weight excluding hydrogens is 388 g/mol. The first-order chi connectivity index (χ1) is 14.1. The van der Waals surface area contributed by atoms with Crippen molar-refractivity contribution >= 4 is 35.0 Å². The number of rotatable bonds is 7. The molecule has 2 aromatic carbocycles. The van der Waals surface area contributed by atoms with Gasteiger partial charge in [-0.05, 0) is 49.6 Å². The number of carbonyl (C=O) groups excluding carboxylic acids is 2. The van der Waals surface area contributed by atoms with Gasteiger partial charge in [-0.2, -0.15) is 0 Å². The average Bonchev–Trinajstić information content (AvgIpc) is 3.57. The molecule has 2 aromatic rings. The lowest BCUT2D eigenvalue weighted by Gasteiger charge is -2.20. The third-order valence-corrected chi connectivity index (χ3v) is 6.16. The monoisotopic (exact) mass is 412 g/mol. The second-order valence-corrected chi connectivity index (χ2v) is 8.43. The fraction of sp³-hybridized carbons (Fsp3) is 0.364. The van der Waals surface area contributed by atoms with E-state index in [0.29, 0.717) is 36.8 Å². The second-order valence-electron chi connectivity index (χ2n) is 7.15. The molecule has 6 nitrogen and oxygen atoms in total. The standard InChI is InChI=1S/C22H24N2O4S/c1-2-20(22(26)24-16-8-9-18-19(13-16)28-11-10-27-18)29-17-5-3-4-15(12-17)23-21(25)14-6-7-14/h3-5,8-9,12-14,20H,2,6-7,10-11H2,1H3,(H,23,25)(H,24,26). The molecule has 4 rings (SSSR count). The SMILES string of the molecule is CCC(Sc1cccc(NC(=O)C2CC2)c1)C(=O)Nc1ccc2c(c1)OCCO2. The Balaban J connectivity index is 1.39. The number of fused-ring (bicyclic) bond motifs is 1. The highest BCUT2D eigenvalue weighted by atomic mass is 32.2. The molecule has 1 heterocycles. The van der Waals surface area contributed by atoms with Gasteiger partial charge in [0.2, 0.25) is 11.8 Å². The van der Waals surface area contributed by atoms with Gasteiger partial charge in [-0.3, -0.25) is 9.59 Å². The molecular formula is C22H24N2O4S. The first-order valence-electron chi connectivity index (χ1n) is 9.90. The van der Waals surface area contributed by atoms with Crippen molar-refractivity contribution in [2.45, 2.75) is 36.3 Å². The van der Waals surface area contributed by atoms with E-state index in [1.807, 2.05) is 43.3 Å². The molecule has 1 unspecified atom stereocenters. The zero-order valence-corrected chi connectivity index (χ0v) is 17.1. The van der Waals surface area contributed by atoms with Gasteiger partial charge >= 0.3 is 0 Å². The third-order valence-electron chi connectivity index (χ3n) is 4.80. The fourth-order valence-electron chi connectivity index (χ4n) is 3.07. The smallest absolute Gasteiger partial charge is 0.237 e.